The molecule has 1 aromatic heterocycles. The molecule has 0 unspecified atom stereocenters. The lowest BCUT2D eigenvalue weighted by Crippen LogP contribution is -2.44. The summed E-state index contributed by atoms with van der Waals surface area (Å²) >= 11 is 6.36. The predicted octanol–water partition coefficient (Wildman–Crippen LogP) is 4.49. The SMILES string of the molecule is O=C(NN1C(=O)/C(=C/c2ccc(-c3ccccc3)o2)SC1=S)c1ccccc1. The third-order valence-electron chi connectivity index (χ3n) is 4.00. The minimum atomic E-state index is -0.400. The lowest BCUT2D eigenvalue weighted by atomic mass is 10.2. The average Bonchev–Trinajstić information content (AvgIpc) is 3.30. The molecule has 1 aliphatic heterocycles. The molecule has 0 bridgehead atoms. The van der Waals surface area contributed by atoms with Gasteiger partial charge in [0.25, 0.3) is 11.8 Å². The van der Waals surface area contributed by atoms with Crippen molar-refractivity contribution in [2.45, 2.75) is 0 Å². The van der Waals surface area contributed by atoms with Crippen LogP contribution in [-0.2, 0) is 4.79 Å². The van der Waals surface area contributed by atoms with Crippen molar-refractivity contribution < 1.29 is 14.0 Å². The Bertz CT molecular complexity index is 1080. The van der Waals surface area contributed by atoms with E-state index >= 15 is 0 Å². The van der Waals surface area contributed by atoms with Gasteiger partial charge in [0.2, 0.25) is 0 Å². The van der Waals surface area contributed by atoms with Crippen LogP contribution in [0.15, 0.2) is 82.1 Å². The van der Waals surface area contributed by atoms with Gasteiger partial charge in [-0.2, -0.15) is 5.01 Å². The molecule has 1 saturated heterocycles. The van der Waals surface area contributed by atoms with E-state index in [-0.39, 0.29) is 4.32 Å². The van der Waals surface area contributed by atoms with Crippen LogP contribution in [0.4, 0.5) is 0 Å². The molecule has 0 saturated carbocycles. The van der Waals surface area contributed by atoms with Crippen molar-refractivity contribution in [1.82, 2.24) is 10.4 Å². The number of furan rings is 1. The number of nitrogens with one attached hydrogen (secondary N) is 1. The molecule has 0 aliphatic carbocycles. The van der Waals surface area contributed by atoms with Crippen molar-refractivity contribution in [1.29, 1.82) is 0 Å². The second kappa shape index (κ2) is 7.84. The van der Waals surface area contributed by atoms with Crippen LogP contribution in [0.3, 0.4) is 0 Å². The van der Waals surface area contributed by atoms with E-state index in [9.17, 15) is 9.59 Å². The fraction of sp³-hybridized carbons (Fsp3) is 0. The Morgan fingerprint density at radius 1 is 1.00 bits per heavy atom. The average molecular weight is 406 g/mol. The zero-order valence-electron chi connectivity index (χ0n) is 14.5. The van der Waals surface area contributed by atoms with Crippen molar-refractivity contribution in [2.24, 2.45) is 0 Å². The van der Waals surface area contributed by atoms with E-state index in [0.717, 1.165) is 22.3 Å². The molecule has 7 heteroatoms. The first-order valence-corrected chi connectivity index (χ1v) is 9.63. The van der Waals surface area contributed by atoms with E-state index in [1.54, 1.807) is 36.4 Å². The van der Waals surface area contributed by atoms with Crippen LogP contribution in [0.1, 0.15) is 16.1 Å². The van der Waals surface area contributed by atoms with Gasteiger partial charge in [-0.05, 0) is 36.5 Å². The number of carbonyl (C=O) groups is 2. The van der Waals surface area contributed by atoms with Gasteiger partial charge in [0.05, 0.1) is 4.91 Å². The Labute approximate surface area is 171 Å². The summed E-state index contributed by atoms with van der Waals surface area (Å²) in [5.41, 5.74) is 3.95. The van der Waals surface area contributed by atoms with E-state index in [1.165, 1.54) is 0 Å². The maximum Gasteiger partial charge on any atom is 0.285 e. The molecule has 2 heterocycles. The van der Waals surface area contributed by atoms with Crippen molar-refractivity contribution in [3.63, 3.8) is 0 Å². The van der Waals surface area contributed by atoms with E-state index < -0.39 is 11.8 Å². The number of thiocarbonyl (C=S) groups is 1. The third-order valence-corrected chi connectivity index (χ3v) is 5.30. The zero-order valence-corrected chi connectivity index (χ0v) is 16.1. The van der Waals surface area contributed by atoms with Crippen LogP contribution in [-0.4, -0.2) is 21.1 Å². The van der Waals surface area contributed by atoms with Crippen LogP contribution in [0.25, 0.3) is 17.4 Å². The van der Waals surface area contributed by atoms with Gasteiger partial charge in [-0.25, -0.2) is 0 Å². The number of rotatable bonds is 4. The molecule has 2 aromatic carbocycles. The summed E-state index contributed by atoms with van der Waals surface area (Å²) in [4.78, 5) is 25.3. The van der Waals surface area contributed by atoms with E-state index in [4.69, 9.17) is 16.6 Å². The van der Waals surface area contributed by atoms with Crippen molar-refractivity contribution in [3.05, 3.63) is 89.0 Å². The van der Waals surface area contributed by atoms with Gasteiger partial charge >= 0.3 is 0 Å². The Morgan fingerprint density at radius 3 is 2.39 bits per heavy atom. The molecule has 1 fully saturated rings. The number of thioether (sulfide) groups is 1. The Balaban J connectivity index is 1.51. The molecule has 5 nitrogen and oxygen atoms in total. The number of amides is 2. The van der Waals surface area contributed by atoms with Crippen LogP contribution < -0.4 is 5.43 Å². The largest absolute Gasteiger partial charge is 0.457 e. The maximum absolute atomic E-state index is 12.7. The third kappa shape index (κ3) is 3.76. The van der Waals surface area contributed by atoms with Crippen molar-refractivity contribution >= 4 is 46.2 Å². The standard InChI is InChI=1S/C21H14N2O3S2/c24-19(15-9-5-2-6-10-15)22-23-20(25)18(28-21(23)27)13-16-11-12-17(26-16)14-7-3-1-4-8-14/h1-13H,(H,22,24)/b18-13-. The van der Waals surface area contributed by atoms with Crippen LogP contribution in [0.5, 0.6) is 0 Å². The first kappa shape index (κ1) is 18.2. The highest BCUT2D eigenvalue weighted by atomic mass is 32.2. The molecule has 3 aromatic rings. The molecule has 0 spiro atoms. The van der Waals surface area contributed by atoms with Gasteiger partial charge in [-0.1, -0.05) is 60.3 Å². The Kier molecular flexibility index (Phi) is 5.10. The quantitative estimate of drug-likeness (QED) is 0.511. The lowest BCUT2D eigenvalue weighted by Gasteiger charge is -2.15. The molecular formula is C21H14N2O3S2. The normalized spacial score (nSPS) is 15.3. The molecular weight excluding hydrogens is 392 g/mol. The van der Waals surface area contributed by atoms with Crippen molar-refractivity contribution in [2.75, 3.05) is 0 Å². The Hall–Kier alpha value is -3.16. The topological polar surface area (TPSA) is 62.6 Å². The summed E-state index contributed by atoms with van der Waals surface area (Å²) in [5.74, 6) is 0.452. The fourth-order valence-corrected chi connectivity index (χ4v) is 3.80. The highest BCUT2D eigenvalue weighted by Crippen LogP contribution is 2.32. The van der Waals surface area contributed by atoms with E-state index in [1.807, 2.05) is 42.5 Å². The minimum Gasteiger partial charge on any atom is -0.457 e. The van der Waals surface area contributed by atoms with Gasteiger partial charge in [-0.3, -0.25) is 15.0 Å². The number of nitrogens with zero attached hydrogens (tertiary/aromatic N) is 1. The van der Waals surface area contributed by atoms with Gasteiger partial charge in [0.15, 0.2) is 4.32 Å². The molecule has 138 valence electrons. The summed E-state index contributed by atoms with van der Waals surface area (Å²) < 4.78 is 6.07. The minimum absolute atomic E-state index is 0.260. The summed E-state index contributed by atoms with van der Waals surface area (Å²) in [6.45, 7) is 0. The Morgan fingerprint density at radius 2 is 1.68 bits per heavy atom. The first-order valence-electron chi connectivity index (χ1n) is 8.41. The van der Waals surface area contributed by atoms with E-state index in [2.05, 4.69) is 5.43 Å². The molecule has 2 amide bonds. The molecule has 28 heavy (non-hydrogen) atoms. The molecule has 4 rings (SSSR count). The highest BCUT2D eigenvalue weighted by Gasteiger charge is 2.34. The summed E-state index contributed by atoms with van der Waals surface area (Å²) in [6.07, 6.45) is 1.63. The number of hydrazine groups is 1. The number of carbonyl (C=O) groups excluding carboxylic acids is 2. The predicted molar refractivity (Wildman–Crippen MR) is 113 cm³/mol. The van der Waals surface area contributed by atoms with Crippen molar-refractivity contribution in [3.8, 4) is 11.3 Å². The van der Waals surface area contributed by atoms with Gasteiger partial charge < -0.3 is 4.42 Å². The smallest absolute Gasteiger partial charge is 0.285 e. The maximum atomic E-state index is 12.7. The molecule has 1 N–H and O–H groups in total. The van der Waals surface area contributed by atoms with Gasteiger partial charge in [-0.15, -0.1) is 0 Å². The summed E-state index contributed by atoms with van der Waals surface area (Å²) in [7, 11) is 0. The molecule has 1 aliphatic rings. The summed E-state index contributed by atoms with van der Waals surface area (Å²) in [5, 5.41) is 1.09. The van der Waals surface area contributed by atoms with Gasteiger partial charge in [0, 0.05) is 17.2 Å². The first-order chi connectivity index (χ1) is 13.6. The lowest BCUT2D eigenvalue weighted by molar-refractivity contribution is -0.123. The summed E-state index contributed by atoms with van der Waals surface area (Å²) in [6, 6.07) is 22.0. The number of hydrogen-bond donors (Lipinski definition) is 1. The molecule has 0 atom stereocenters. The van der Waals surface area contributed by atoms with Crippen LogP contribution in [0.2, 0.25) is 0 Å². The second-order valence-electron chi connectivity index (χ2n) is 5.89. The van der Waals surface area contributed by atoms with Crippen LogP contribution >= 0.6 is 24.0 Å². The molecule has 0 radical (unpaired) electrons. The second-order valence-corrected chi connectivity index (χ2v) is 7.57. The zero-order chi connectivity index (χ0) is 19.5. The van der Waals surface area contributed by atoms with Gasteiger partial charge in [0.1, 0.15) is 11.5 Å². The monoisotopic (exact) mass is 406 g/mol. The van der Waals surface area contributed by atoms with E-state index in [0.29, 0.717) is 22.0 Å². The highest BCUT2D eigenvalue weighted by molar-refractivity contribution is 8.26. The number of hydrogen-bond acceptors (Lipinski definition) is 5. The number of benzene rings is 2. The fourth-order valence-electron chi connectivity index (χ4n) is 2.64. The van der Waals surface area contributed by atoms with Crippen LogP contribution in [0, 0.1) is 0 Å².